The third kappa shape index (κ3) is 10.7. The fourth-order valence-electron chi connectivity index (χ4n) is 2.58. The summed E-state index contributed by atoms with van der Waals surface area (Å²) >= 11 is 18.2. The summed E-state index contributed by atoms with van der Waals surface area (Å²) in [5.74, 6) is 1.61. The van der Waals surface area contributed by atoms with E-state index in [1.807, 2.05) is 62.4 Å². The highest BCUT2D eigenvalue weighted by molar-refractivity contribution is 9.10. The summed E-state index contributed by atoms with van der Waals surface area (Å²) in [5, 5.41) is 27.3. The maximum Gasteiger partial charge on any atom is 0.488 e. The zero-order valence-electron chi connectivity index (χ0n) is 18.9. The Morgan fingerprint density at radius 1 is 0.686 bits per heavy atom. The predicted molar refractivity (Wildman–Crippen MR) is 152 cm³/mol. The number of hydrogen-bond donors (Lipinski definition) is 3. The minimum Gasteiger partial charge on any atom is -0.506 e. The van der Waals surface area contributed by atoms with Gasteiger partial charge in [-0.2, -0.15) is 0 Å². The molecule has 0 atom stereocenters. The number of aromatic hydroxyl groups is 1. The van der Waals surface area contributed by atoms with Gasteiger partial charge in [-0.1, -0.05) is 79.3 Å². The number of hydrogen-bond acceptors (Lipinski definition) is 4. The highest BCUT2D eigenvalue weighted by atomic mass is 79.9. The number of phenolic OH excluding ortho intramolecular Hbond substituents is 1. The second kappa shape index (κ2) is 14.5. The summed E-state index contributed by atoms with van der Waals surface area (Å²) in [4.78, 5) is 0. The standard InChI is InChI=1S/C13H10BrClO.C7H7ClO.C6H6BBrO2/c1-9-2-7-12(15)13(8-9)16-11-5-3-10(14)4-6-11;1-5-2-3-6(8)7(9)4-5;8-6-3-1-5(2-4-6)7(9)10/h2-8H,1H3;2-4,9H,1H3;1-4,9-10H. The van der Waals surface area contributed by atoms with Crippen LogP contribution in [0.1, 0.15) is 11.1 Å². The van der Waals surface area contributed by atoms with E-state index in [9.17, 15) is 0 Å². The third-order valence-electron chi connectivity index (χ3n) is 4.40. The van der Waals surface area contributed by atoms with Gasteiger partial charge in [0.15, 0.2) is 0 Å². The molecule has 0 saturated heterocycles. The second-order valence-corrected chi connectivity index (χ2v) is 10.0. The monoisotopic (exact) mass is 638 g/mol. The first-order valence-electron chi connectivity index (χ1n) is 10.3. The minimum atomic E-state index is -1.37. The van der Waals surface area contributed by atoms with Gasteiger partial charge in [-0.3, -0.25) is 0 Å². The Labute approximate surface area is 232 Å². The van der Waals surface area contributed by atoms with E-state index in [1.54, 1.807) is 36.4 Å². The van der Waals surface area contributed by atoms with Crippen LogP contribution >= 0.6 is 55.1 Å². The lowest BCUT2D eigenvalue weighted by Gasteiger charge is -2.08. The van der Waals surface area contributed by atoms with Gasteiger partial charge in [-0.15, -0.1) is 0 Å². The van der Waals surface area contributed by atoms with Crippen molar-refractivity contribution >= 4 is 67.6 Å². The van der Waals surface area contributed by atoms with Crippen molar-refractivity contribution in [2.45, 2.75) is 13.8 Å². The summed E-state index contributed by atoms with van der Waals surface area (Å²) in [7, 11) is -1.37. The van der Waals surface area contributed by atoms with Crippen molar-refractivity contribution in [2.75, 3.05) is 0 Å². The molecule has 4 aromatic carbocycles. The molecule has 4 aromatic rings. The fourth-order valence-corrected chi connectivity index (χ4v) is 3.38. The van der Waals surface area contributed by atoms with Gasteiger partial charge in [-0.05, 0) is 91.1 Å². The lowest BCUT2D eigenvalue weighted by atomic mass is 9.81. The lowest BCUT2D eigenvalue weighted by Crippen LogP contribution is -2.29. The zero-order chi connectivity index (χ0) is 26.0. The summed E-state index contributed by atoms with van der Waals surface area (Å²) < 4.78 is 7.64. The molecule has 4 rings (SSSR count). The van der Waals surface area contributed by atoms with Crippen LogP contribution in [0, 0.1) is 13.8 Å². The Morgan fingerprint density at radius 3 is 1.66 bits per heavy atom. The molecule has 3 N–H and O–H groups in total. The molecule has 0 fully saturated rings. The van der Waals surface area contributed by atoms with Crippen molar-refractivity contribution in [3.63, 3.8) is 0 Å². The van der Waals surface area contributed by atoms with Gasteiger partial charge in [0.1, 0.15) is 17.2 Å². The molecule has 0 heterocycles. The van der Waals surface area contributed by atoms with Crippen LogP contribution in [0.3, 0.4) is 0 Å². The molecule has 0 spiro atoms. The van der Waals surface area contributed by atoms with Crippen molar-refractivity contribution < 1.29 is 19.9 Å². The second-order valence-electron chi connectivity index (χ2n) is 7.37. The zero-order valence-corrected chi connectivity index (χ0v) is 23.6. The number of aryl methyl sites for hydroxylation is 2. The van der Waals surface area contributed by atoms with Crippen molar-refractivity contribution in [1.82, 2.24) is 0 Å². The van der Waals surface area contributed by atoms with Crippen molar-refractivity contribution in [1.29, 1.82) is 0 Å². The van der Waals surface area contributed by atoms with Gasteiger partial charge >= 0.3 is 7.12 Å². The number of ether oxygens (including phenoxy) is 1. The van der Waals surface area contributed by atoms with E-state index in [4.69, 9.17) is 43.1 Å². The Kier molecular flexibility index (Phi) is 12.1. The highest BCUT2D eigenvalue weighted by Crippen LogP contribution is 2.30. The van der Waals surface area contributed by atoms with Crippen LogP contribution < -0.4 is 10.2 Å². The van der Waals surface area contributed by atoms with Crippen LogP contribution in [0.2, 0.25) is 10.0 Å². The maximum atomic E-state index is 8.97. The van der Waals surface area contributed by atoms with E-state index >= 15 is 0 Å². The van der Waals surface area contributed by atoms with Crippen molar-refractivity contribution in [3.8, 4) is 17.2 Å². The molecule has 0 aliphatic rings. The summed E-state index contributed by atoms with van der Waals surface area (Å²) in [5.41, 5.74) is 2.64. The average Bonchev–Trinajstić information content (AvgIpc) is 2.81. The molecule has 0 amide bonds. The number of halogens is 4. The average molecular weight is 641 g/mol. The van der Waals surface area contributed by atoms with E-state index in [-0.39, 0.29) is 5.75 Å². The van der Waals surface area contributed by atoms with E-state index in [0.717, 1.165) is 25.8 Å². The third-order valence-corrected chi connectivity index (χ3v) is 6.09. The molecule has 0 aliphatic carbocycles. The molecule has 0 unspecified atom stereocenters. The predicted octanol–water partition coefficient (Wildman–Crippen LogP) is 7.69. The molecule has 0 radical (unpaired) electrons. The Balaban J connectivity index is 0.000000197. The van der Waals surface area contributed by atoms with E-state index in [2.05, 4.69) is 31.9 Å². The first-order valence-corrected chi connectivity index (χ1v) is 12.7. The van der Waals surface area contributed by atoms with Crippen LogP contribution in [-0.4, -0.2) is 22.3 Å². The molecule has 182 valence electrons. The van der Waals surface area contributed by atoms with E-state index in [0.29, 0.717) is 21.3 Å². The molecular weight excluding hydrogens is 618 g/mol. The van der Waals surface area contributed by atoms with E-state index in [1.165, 1.54) is 0 Å². The van der Waals surface area contributed by atoms with Gasteiger partial charge in [0.2, 0.25) is 0 Å². The molecule has 0 saturated carbocycles. The summed E-state index contributed by atoms with van der Waals surface area (Å²) in [6.07, 6.45) is 0. The van der Waals surface area contributed by atoms with Crippen LogP contribution in [0.5, 0.6) is 17.2 Å². The number of phenols is 1. The number of rotatable bonds is 3. The van der Waals surface area contributed by atoms with Gasteiger partial charge in [0.25, 0.3) is 0 Å². The topological polar surface area (TPSA) is 69.9 Å². The molecule has 9 heteroatoms. The summed E-state index contributed by atoms with van der Waals surface area (Å²) in [6.45, 7) is 3.90. The molecule has 0 aliphatic heterocycles. The van der Waals surface area contributed by atoms with Crippen LogP contribution in [-0.2, 0) is 0 Å². The molecule has 0 bridgehead atoms. The first kappa shape index (κ1) is 29.2. The van der Waals surface area contributed by atoms with Crippen LogP contribution in [0.15, 0.2) is 93.9 Å². The quantitative estimate of drug-likeness (QED) is 0.201. The van der Waals surface area contributed by atoms with Gasteiger partial charge < -0.3 is 19.9 Å². The maximum absolute atomic E-state index is 8.97. The molecule has 4 nitrogen and oxygen atoms in total. The van der Waals surface area contributed by atoms with Crippen LogP contribution in [0.25, 0.3) is 0 Å². The van der Waals surface area contributed by atoms with E-state index < -0.39 is 7.12 Å². The Hall–Kier alpha value is -2.00. The van der Waals surface area contributed by atoms with Gasteiger partial charge in [0, 0.05) is 8.95 Å². The van der Waals surface area contributed by atoms with Gasteiger partial charge in [-0.25, -0.2) is 0 Å². The first-order chi connectivity index (χ1) is 16.5. The van der Waals surface area contributed by atoms with Crippen molar-refractivity contribution in [3.05, 3.63) is 115 Å². The van der Waals surface area contributed by atoms with Gasteiger partial charge in [0.05, 0.1) is 10.0 Å². The normalized spacial score (nSPS) is 9.83. The number of benzene rings is 4. The minimum absolute atomic E-state index is 0.150. The largest absolute Gasteiger partial charge is 0.506 e. The van der Waals surface area contributed by atoms with Crippen molar-refractivity contribution in [2.24, 2.45) is 0 Å². The Morgan fingerprint density at radius 2 is 1.17 bits per heavy atom. The smallest absolute Gasteiger partial charge is 0.488 e. The lowest BCUT2D eigenvalue weighted by molar-refractivity contribution is 0.426. The fraction of sp³-hybridized carbons (Fsp3) is 0.0769. The molecular formula is C26H23BBr2Cl2O4. The SMILES string of the molecule is Cc1ccc(Cl)c(O)c1.Cc1ccc(Cl)c(Oc2ccc(Br)cc2)c1.OB(O)c1ccc(Br)cc1. The molecule has 35 heavy (non-hydrogen) atoms. The summed E-state index contributed by atoms with van der Waals surface area (Å²) in [6, 6.07) is 25.3. The Bertz CT molecular complexity index is 1220. The highest BCUT2D eigenvalue weighted by Gasteiger charge is 2.08. The molecule has 0 aromatic heterocycles. The van der Waals surface area contributed by atoms with Crippen LogP contribution in [0.4, 0.5) is 0 Å².